The Morgan fingerprint density at radius 1 is 0.457 bits per heavy atom. The zero-order chi connectivity index (χ0) is 58.7. The van der Waals surface area contributed by atoms with Gasteiger partial charge in [0.05, 0.1) is 32.0 Å². The Hall–Kier alpha value is -2.12. The number of unbranched alkanes of at least 4 members (excludes halogenated alkanes) is 43. The molecule has 11 heteroatoms. The molecule has 81 heavy (non-hydrogen) atoms. The highest BCUT2D eigenvalue weighted by Crippen LogP contribution is 2.23. The number of aliphatic hydroxyl groups excluding tert-OH is 5. The second-order valence-electron chi connectivity index (χ2n) is 24.2. The molecule has 7 atom stereocenters. The number of ether oxygens (including phenoxy) is 3. The summed E-state index contributed by atoms with van der Waals surface area (Å²) in [6.07, 6.45) is 65.8. The van der Waals surface area contributed by atoms with E-state index in [4.69, 9.17) is 14.2 Å². The van der Waals surface area contributed by atoms with Crippen LogP contribution < -0.4 is 5.32 Å². The number of amides is 1. The number of rotatable bonds is 61. The molecule has 0 saturated carbocycles. The molecular weight excluding hydrogens is 1010 g/mol. The van der Waals surface area contributed by atoms with Crippen LogP contribution in [0.3, 0.4) is 0 Å². The number of carbonyl (C=O) groups is 2. The molecule has 11 nitrogen and oxygen atoms in total. The fraction of sp³-hybridized carbons (Fsp3) is 0.886. The van der Waals surface area contributed by atoms with Gasteiger partial charge in [-0.15, -0.1) is 0 Å². The van der Waals surface area contributed by atoms with E-state index >= 15 is 0 Å². The van der Waals surface area contributed by atoms with Crippen LogP contribution in [0.15, 0.2) is 36.5 Å². The number of carbonyl (C=O) groups excluding carboxylic acids is 2. The lowest BCUT2D eigenvalue weighted by Crippen LogP contribution is -2.60. The van der Waals surface area contributed by atoms with Crippen LogP contribution in [0.5, 0.6) is 0 Å². The molecular formula is C70H131NO10. The Kier molecular flexibility index (Phi) is 56.6. The number of esters is 1. The van der Waals surface area contributed by atoms with E-state index in [9.17, 15) is 35.1 Å². The smallest absolute Gasteiger partial charge is 0.305 e. The zero-order valence-electron chi connectivity index (χ0n) is 52.8. The number of aliphatic hydroxyl groups is 5. The molecule has 476 valence electrons. The summed E-state index contributed by atoms with van der Waals surface area (Å²) in [7, 11) is 0. The lowest BCUT2D eigenvalue weighted by molar-refractivity contribution is -0.302. The van der Waals surface area contributed by atoms with Gasteiger partial charge >= 0.3 is 5.97 Å². The van der Waals surface area contributed by atoms with Crippen molar-refractivity contribution in [1.29, 1.82) is 0 Å². The first-order valence-electron chi connectivity index (χ1n) is 34.8. The van der Waals surface area contributed by atoms with E-state index in [0.29, 0.717) is 19.4 Å². The molecule has 6 N–H and O–H groups in total. The van der Waals surface area contributed by atoms with Gasteiger partial charge in [0.1, 0.15) is 24.4 Å². The summed E-state index contributed by atoms with van der Waals surface area (Å²) in [5.74, 6) is -0.181. The molecule has 0 aromatic carbocycles. The highest BCUT2D eigenvalue weighted by Gasteiger charge is 2.44. The summed E-state index contributed by atoms with van der Waals surface area (Å²) < 4.78 is 16.7. The van der Waals surface area contributed by atoms with Gasteiger partial charge in [-0.1, -0.05) is 301 Å². The maximum Gasteiger partial charge on any atom is 0.305 e. The van der Waals surface area contributed by atoms with E-state index in [1.807, 2.05) is 6.08 Å². The molecule has 0 aromatic heterocycles. The molecule has 7 unspecified atom stereocenters. The first-order valence-corrected chi connectivity index (χ1v) is 34.8. The average molecular weight is 1150 g/mol. The maximum atomic E-state index is 13.0. The van der Waals surface area contributed by atoms with Crippen molar-refractivity contribution < 1.29 is 49.3 Å². The normalized spacial score (nSPS) is 18.4. The van der Waals surface area contributed by atoms with Gasteiger partial charge in [-0.25, -0.2) is 0 Å². The summed E-state index contributed by atoms with van der Waals surface area (Å²) in [5.41, 5.74) is 0. The lowest BCUT2D eigenvalue weighted by Gasteiger charge is -2.40. The monoisotopic (exact) mass is 1150 g/mol. The Morgan fingerprint density at radius 3 is 1.30 bits per heavy atom. The fourth-order valence-electron chi connectivity index (χ4n) is 11.0. The molecule has 1 fully saturated rings. The Labute approximate surface area is 498 Å². The van der Waals surface area contributed by atoms with Crippen LogP contribution in [0.2, 0.25) is 0 Å². The lowest BCUT2D eigenvalue weighted by atomic mass is 9.99. The second kappa shape index (κ2) is 59.6. The third-order valence-corrected chi connectivity index (χ3v) is 16.5. The van der Waals surface area contributed by atoms with Gasteiger partial charge in [-0.05, 0) is 57.8 Å². The summed E-state index contributed by atoms with van der Waals surface area (Å²) in [4.78, 5) is 25.1. The number of allylic oxidation sites excluding steroid dienone is 5. The number of hydrogen-bond acceptors (Lipinski definition) is 10. The van der Waals surface area contributed by atoms with Crippen LogP contribution in [-0.2, 0) is 23.8 Å². The molecule has 1 aliphatic rings. The first kappa shape index (κ1) is 76.9. The molecule has 0 radical (unpaired) electrons. The van der Waals surface area contributed by atoms with Crippen molar-refractivity contribution in [2.45, 2.75) is 378 Å². The predicted octanol–water partition coefficient (Wildman–Crippen LogP) is 17.4. The molecule has 0 aromatic rings. The van der Waals surface area contributed by atoms with Crippen molar-refractivity contribution in [3.05, 3.63) is 36.5 Å². The first-order chi connectivity index (χ1) is 39.7. The molecule has 0 aliphatic carbocycles. The molecule has 1 rings (SSSR count). The third-order valence-electron chi connectivity index (χ3n) is 16.5. The topological polar surface area (TPSA) is 175 Å². The van der Waals surface area contributed by atoms with Crippen molar-refractivity contribution in [2.24, 2.45) is 0 Å². The van der Waals surface area contributed by atoms with Gasteiger partial charge in [0.2, 0.25) is 5.91 Å². The quantitative estimate of drug-likeness (QED) is 0.0195. The molecule has 1 amide bonds. The highest BCUT2D eigenvalue weighted by atomic mass is 16.7. The van der Waals surface area contributed by atoms with E-state index in [1.165, 1.54) is 244 Å². The van der Waals surface area contributed by atoms with E-state index in [-0.39, 0.29) is 18.5 Å². The summed E-state index contributed by atoms with van der Waals surface area (Å²) in [5, 5.41) is 54.3. The predicted molar refractivity (Wildman–Crippen MR) is 338 cm³/mol. The summed E-state index contributed by atoms with van der Waals surface area (Å²) in [6.45, 7) is 4.28. The van der Waals surface area contributed by atoms with Gasteiger partial charge in [0, 0.05) is 12.8 Å². The molecule has 0 spiro atoms. The molecule has 1 aliphatic heterocycles. The Bertz CT molecular complexity index is 1440. The highest BCUT2D eigenvalue weighted by molar-refractivity contribution is 5.76. The van der Waals surface area contributed by atoms with Crippen molar-refractivity contribution in [3.8, 4) is 0 Å². The fourth-order valence-corrected chi connectivity index (χ4v) is 11.0. The van der Waals surface area contributed by atoms with Gasteiger partial charge in [0.25, 0.3) is 0 Å². The van der Waals surface area contributed by atoms with Gasteiger partial charge in [-0.3, -0.25) is 9.59 Å². The van der Waals surface area contributed by atoms with Crippen molar-refractivity contribution in [1.82, 2.24) is 5.32 Å². The largest absolute Gasteiger partial charge is 0.466 e. The summed E-state index contributed by atoms with van der Waals surface area (Å²) in [6, 6.07) is -0.805. The molecule has 1 saturated heterocycles. The Morgan fingerprint density at radius 2 is 0.852 bits per heavy atom. The van der Waals surface area contributed by atoms with E-state index in [1.54, 1.807) is 6.08 Å². The minimum absolute atomic E-state index is 0.00262. The average Bonchev–Trinajstić information content (AvgIpc) is 3.51. The van der Waals surface area contributed by atoms with Crippen molar-refractivity contribution in [2.75, 3.05) is 19.8 Å². The van der Waals surface area contributed by atoms with Crippen molar-refractivity contribution >= 4 is 11.9 Å². The van der Waals surface area contributed by atoms with Crippen LogP contribution in [0.1, 0.15) is 335 Å². The van der Waals surface area contributed by atoms with Crippen LogP contribution >= 0.6 is 0 Å². The van der Waals surface area contributed by atoms with Crippen LogP contribution in [0.4, 0.5) is 0 Å². The minimum atomic E-state index is -1.57. The van der Waals surface area contributed by atoms with E-state index in [2.05, 4.69) is 43.5 Å². The number of hydrogen-bond donors (Lipinski definition) is 6. The minimum Gasteiger partial charge on any atom is -0.466 e. The number of nitrogens with one attached hydrogen (secondary N) is 1. The van der Waals surface area contributed by atoms with Crippen LogP contribution in [-0.4, -0.2) is 100 Å². The zero-order valence-corrected chi connectivity index (χ0v) is 52.8. The van der Waals surface area contributed by atoms with Gasteiger partial charge < -0.3 is 45.1 Å². The summed E-state index contributed by atoms with van der Waals surface area (Å²) >= 11 is 0. The van der Waals surface area contributed by atoms with E-state index in [0.717, 1.165) is 64.2 Å². The van der Waals surface area contributed by atoms with Crippen molar-refractivity contribution in [3.63, 3.8) is 0 Å². The van der Waals surface area contributed by atoms with Gasteiger partial charge in [-0.2, -0.15) is 0 Å². The second-order valence-corrected chi connectivity index (χ2v) is 24.2. The maximum absolute atomic E-state index is 13.0. The molecule has 0 bridgehead atoms. The van der Waals surface area contributed by atoms with Crippen LogP contribution in [0.25, 0.3) is 0 Å². The SMILES string of the molecule is CCC/C=C\C/C=C\CCCCCCCC(=O)OCCCCCCCCCCCCCCCCCCCCCCCCCCCCCCCCCC(=O)NC(COC1OC(CO)C(O)C(O)C1O)C(O)/C=C/CCCCCCCCC. The standard InChI is InChI=1S/C70H131NO10/c1-3-5-7-9-11-13-14-34-38-42-46-50-54-58-66(75)79-59-55-51-47-43-39-36-33-31-29-27-25-23-21-19-17-15-16-18-20-22-24-26-28-30-32-35-37-41-45-49-53-57-65(74)71-62(63(73)56-52-48-44-40-12-10-8-6-4-2)61-80-70-69(78)68(77)67(76)64(60-72)81-70/h7,9,13-14,52,56,62-64,67-70,72-73,76-78H,3-6,8,10-12,15-51,53-55,57-61H2,1-2H3,(H,71,74)/b9-7-,14-13-,56-52+. The van der Waals surface area contributed by atoms with Crippen LogP contribution in [0, 0.1) is 0 Å². The van der Waals surface area contributed by atoms with Gasteiger partial charge in [0.15, 0.2) is 6.29 Å². The molecule has 1 heterocycles. The Balaban J connectivity index is 1.90. The third kappa shape index (κ3) is 48.8. The van der Waals surface area contributed by atoms with E-state index < -0.39 is 49.5 Å².